The standard InChI is InChI=1S/C20H19FN4/c21-19-17(20(22)23)11-12-18(24-19)25(13-15-7-3-1-4-8-15)14-16-9-5-2-6-10-16/h1-12H,13-14H2,(H3,22,23). The van der Waals surface area contributed by atoms with Crippen molar-refractivity contribution < 1.29 is 4.39 Å². The van der Waals surface area contributed by atoms with Crippen molar-refractivity contribution in [3.63, 3.8) is 0 Å². The van der Waals surface area contributed by atoms with Gasteiger partial charge in [-0.2, -0.15) is 4.39 Å². The molecule has 0 spiro atoms. The Labute approximate surface area is 146 Å². The SMILES string of the molecule is N=C(N)c1ccc(N(Cc2ccccc2)Cc2ccccc2)nc1F. The average molecular weight is 334 g/mol. The molecule has 0 aliphatic carbocycles. The second-order valence-electron chi connectivity index (χ2n) is 5.75. The molecule has 0 aliphatic heterocycles. The number of amidine groups is 1. The van der Waals surface area contributed by atoms with E-state index >= 15 is 0 Å². The Balaban J connectivity index is 1.92. The van der Waals surface area contributed by atoms with Crippen LogP contribution in [0.25, 0.3) is 0 Å². The molecule has 0 saturated carbocycles. The van der Waals surface area contributed by atoms with Crippen molar-refractivity contribution in [3.05, 3.63) is 95.4 Å². The Hall–Kier alpha value is -3.21. The molecule has 0 atom stereocenters. The van der Waals surface area contributed by atoms with Gasteiger partial charge in [-0.1, -0.05) is 60.7 Å². The van der Waals surface area contributed by atoms with Crippen LogP contribution < -0.4 is 10.6 Å². The lowest BCUT2D eigenvalue weighted by atomic mass is 10.1. The van der Waals surface area contributed by atoms with Crippen LogP contribution in [0, 0.1) is 11.4 Å². The summed E-state index contributed by atoms with van der Waals surface area (Å²) in [6.45, 7) is 1.20. The first-order chi connectivity index (χ1) is 12.1. The second-order valence-corrected chi connectivity index (χ2v) is 5.75. The monoisotopic (exact) mass is 334 g/mol. The van der Waals surface area contributed by atoms with E-state index in [9.17, 15) is 4.39 Å². The van der Waals surface area contributed by atoms with Gasteiger partial charge in [0.2, 0.25) is 5.95 Å². The summed E-state index contributed by atoms with van der Waals surface area (Å²) in [4.78, 5) is 6.02. The average Bonchev–Trinajstić information content (AvgIpc) is 2.62. The number of halogens is 1. The topological polar surface area (TPSA) is 66.0 Å². The Bertz CT molecular complexity index is 809. The van der Waals surface area contributed by atoms with Crippen molar-refractivity contribution in [1.29, 1.82) is 5.41 Å². The van der Waals surface area contributed by atoms with Gasteiger partial charge in [0, 0.05) is 13.1 Å². The van der Waals surface area contributed by atoms with E-state index in [1.54, 1.807) is 6.07 Å². The Kier molecular flexibility index (Phi) is 5.04. The number of hydrogen-bond donors (Lipinski definition) is 2. The summed E-state index contributed by atoms with van der Waals surface area (Å²) in [6.07, 6.45) is 0. The van der Waals surface area contributed by atoms with Crippen LogP contribution in [-0.2, 0) is 13.1 Å². The van der Waals surface area contributed by atoms with Gasteiger partial charge in [0.15, 0.2) is 0 Å². The van der Waals surface area contributed by atoms with Crippen LogP contribution in [0.5, 0.6) is 0 Å². The maximum Gasteiger partial charge on any atom is 0.225 e. The summed E-state index contributed by atoms with van der Waals surface area (Å²) in [6, 6.07) is 23.1. The van der Waals surface area contributed by atoms with Crippen LogP contribution in [0.2, 0.25) is 0 Å². The van der Waals surface area contributed by atoms with Gasteiger partial charge in [-0.25, -0.2) is 4.98 Å². The van der Waals surface area contributed by atoms with Crippen molar-refractivity contribution in [2.24, 2.45) is 5.73 Å². The minimum atomic E-state index is -0.726. The summed E-state index contributed by atoms with van der Waals surface area (Å²) >= 11 is 0. The first-order valence-corrected chi connectivity index (χ1v) is 7.97. The third kappa shape index (κ3) is 4.20. The molecule has 5 heteroatoms. The van der Waals surface area contributed by atoms with Crippen LogP contribution in [0.1, 0.15) is 16.7 Å². The summed E-state index contributed by atoms with van der Waals surface area (Å²) in [5.41, 5.74) is 7.61. The van der Waals surface area contributed by atoms with Crippen molar-refractivity contribution in [3.8, 4) is 0 Å². The van der Waals surface area contributed by atoms with E-state index in [-0.39, 0.29) is 11.4 Å². The molecular formula is C20H19FN4. The van der Waals surface area contributed by atoms with Gasteiger partial charge < -0.3 is 10.6 Å². The van der Waals surface area contributed by atoms with Crippen LogP contribution >= 0.6 is 0 Å². The fourth-order valence-electron chi connectivity index (χ4n) is 2.63. The van der Waals surface area contributed by atoms with Gasteiger partial charge >= 0.3 is 0 Å². The molecule has 0 amide bonds. The third-order valence-electron chi connectivity index (χ3n) is 3.88. The number of nitrogens with one attached hydrogen (secondary N) is 1. The zero-order valence-corrected chi connectivity index (χ0v) is 13.7. The van der Waals surface area contributed by atoms with Gasteiger partial charge in [-0.3, -0.25) is 5.41 Å². The highest BCUT2D eigenvalue weighted by molar-refractivity contribution is 5.95. The smallest absolute Gasteiger partial charge is 0.225 e. The fourth-order valence-corrected chi connectivity index (χ4v) is 2.63. The van der Waals surface area contributed by atoms with Crippen molar-refractivity contribution in [1.82, 2.24) is 4.98 Å². The first kappa shape index (κ1) is 16.6. The number of anilines is 1. The van der Waals surface area contributed by atoms with E-state index in [4.69, 9.17) is 11.1 Å². The largest absolute Gasteiger partial charge is 0.384 e. The number of nitrogens with zero attached hydrogens (tertiary/aromatic N) is 2. The van der Waals surface area contributed by atoms with Gasteiger partial charge in [-0.15, -0.1) is 0 Å². The van der Waals surface area contributed by atoms with Crippen molar-refractivity contribution >= 4 is 11.7 Å². The maximum absolute atomic E-state index is 14.2. The summed E-state index contributed by atoms with van der Waals surface area (Å²) in [7, 11) is 0. The van der Waals surface area contributed by atoms with Crippen molar-refractivity contribution in [2.45, 2.75) is 13.1 Å². The first-order valence-electron chi connectivity index (χ1n) is 7.97. The molecule has 126 valence electrons. The van der Waals surface area contributed by atoms with Gasteiger partial charge in [-0.05, 0) is 23.3 Å². The predicted molar refractivity (Wildman–Crippen MR) is 98.0 cm³/mol. The van der Waals surface area contributed by atoms with E-state index in [0.29, 0.717) is 18.9 Å². The number of rotatable bonds is 6. The Morgan fingerprint density at radius 2 is 1.40 bits per heavy atom. The fraction of sp³-hybridized carbons (Fsp3) is 0.100. The lowest BCUT2D eigenvalue weighted by Crippen LogP contribution is -2.24. The third-order valence-corrected chi connectivity index (χ3v) is 3.88. The maximum atomic E-state index is 14.2. The van der Waals surface area contributed by atoms with Crippen LogP contribution in [0.3, 0.4) is 0 Å². The summed E-state index contributed by atoms with van der Waals surface area (Å²) in [5, 5.41) is 7.40. The van der Waals surface area contributed by atoms with E-state index in [1.807, 2.05) is 65.6 Å². The zero-order chi connectivity index (χ0) is 17.6. The van der Waals surface area contributed by atoms with Crippen molar-refractivity contribution in [2.75, 3.05) is 4.90 Å². The molecule has 0 unspecified atom stereocenters. The second kappa shape index (κ2) is 7.57. The molecule has 0 radical (unpaired) electrons. The van der Waals surface area contributed by atoms with Crippen LogP contribution in [0.4, 0.5) is 10.2 Å². The molecule has 4 nitrogen and oxygen atoms in total. The van der Waals surface area contributed by atoms with Crippen LogP contribution in [-0.4, -0.2) is 10.8 Å². The molecule has 1 heterocycles. The van der Waals surface area contributed by atoms with Gasteiger partial charge in [0.05, 0.1) is 5.56 Å². The highest BCUT2D eigenvalue weighted by Crippen LogP contribution is 2.20. The minimum Gasteiger partial charge on any atom is -0.384 e. The molecule has 2 aromatic carbocycles. The number of pyridine rings is 1. The molecule has 3 aromatic rings. The Morgan fingerprint density at radius 1 is 0.880 bits per heavy atom. The molecule has 0 saturated heterocycles. The molecule has 3 rings (SSSR count). The van der Waals surface area contributed by atoms with Gasteiger partial charge in [0.1, 0.15) is 11.7 Å². The number of benzene rings is 2. The van der Waals surface area contributed by atoms with E-state index in [2.05, 4.69) is 4.98 Å². The quantitative estimate of drug-likeness (QED) is 0.410. The molecule has 0 fully saturated rings. The molecule has 25 heavy (non-hydrogen) atoms. The Morgan fingerprint density at radius 3 is 1.84 bits per heavy atom. The van der Waals surface area contributed by atoms with Crippen LogP contribution in [0.15, 0.2) is 72.8 Å². The molecular weight excluding hydrogens is 315 g/mol. The van der Waals surface area contributed by atoms with E-state index in [1.165, 1.54) is 6.07 Å². The highest BCUT2D eigenvalue weighted by atomic mass is 19.1. The summed E-state index contributed by atoms with van der Waals surface area (Å²) < 4.78 is 14.2. The van der Waals surface area contributed by atoms with E-state index in [0.717, 1.165) is 11.1 Å². The summed E-state index contributed by atoms with van der Waals surface area (Å²) in [5.74, 6) is -0.541. The number of nitrogen functional groups attached to an aromatic ring is 1. The lowest BCUT2D eigenvalue weighted by Gasteiger charge is -2.24. The molecule has 0 bridgehead atoms. The molecule has 3 N–H and O–H groups in total. The van der Waals surface area contributed by atoms with Gasteiger partial charge in [0.25, 0.3) is 0 Å². The lowest BCUT2D eigenvalue weighted by molar-refractivity contribution is 0.577. The normalized spacial score (nSPS) is 10.4. The minimum absolute atomic E-state index is 0.0168. The zero-order valence-electron chi connectivity index (χ0n) is 13.7. The number of aromatic nitrogens is 1. The number of nitrogens with two attached hydrogens (primary N) is 1. The molecule has 0 aliphatic rings. The van der Waals surface area contributed by atoms with E-state index < -0.39 is 5.95 Å². The highest BCUT2D eigenvalue weighted by Gasteiger charge is 2.14. The molecule has 1 aromatic heterocycles. The predicted octanol–water partition coefficient (Wildman–Crippen LogP) is 3.71. The number of hydrogen-bond acceptors (Lipinski definition) is 3.